The molecule has 0 saturated heterocycles. The summed E-state index contributed by atoms with van der Waals surface area (Å²) < 4.78 is 0. The van der Waals surface area contributed by atoms with Gasteiger partial charge in [-0.2, -0.15) is 0 Å². The SMILES string of the molecule is Cc1c(N)cccc1C(=O)Nc1ncccc1Cl. The molecule has 2 rings (SSSR count). The Hall–Kier alpha value is -2.07. The van der Waals surface area contributed by atoms with E-state index in [0.29, 0.717) is 22.1 Å². The standard InChI is InChI=1S/C13H12ClN3O/c1-8-9(4-2-6-11(8)15)13(18)17-12-10(14)5-3-7-16-12/h2-7H,15H2,1H3,(H,16,17,18). The molecule has 0 bridgehead atoms. The average molecular weight is 262 g/mol. The van der Waals surface area contributed by atoms with Crippen molar-refractivity contribution in [3.63, 3.8) is 0 Å². The number of benzene rings is 1. The van der Waals surface area contributed by atoms with Crippen LogP contribution in [0.1, 0.15) is 15.9 Å². The van der Waals surface area contributed by atoms with Crippen LogP contribution in [0.15, 0.2) is 36.5 Å². The number of nitrogens with zero attached hydrogens (tertiary/aromatic N) is 1. The lowest BCUT2D eigenvalue weighted by Gasteiger charge is -2.09. The molecule has 0 saturated carbocycles. The molecule has 1 aromatic heterocycles. The molecule has 18 heavy (non-hydrogen) atoms. The first-order valence-electron chi connectivity index (χ1n) is 5.36. The van der Waals surface area contributed by atoms with Crippen LogP contribution in [0.25, 0.3) is 0 Å². The molecule has 1 heterocycles. The first kappa shape index (κ1) is 12.4. The van der Waals surface area contributed by atoms with Crippen molar-refractivity contribution < 1.29 is 4.79 Å². The summed E-state index contributed by atoms with van der Waals surface area (Å²) in [5, 5.41) is 3.05. The number of nitrogens with two attached hydrogens (primary N) is 1. The number of carbonyl (C=O) groups is 1. The maximum Gasteiger partial charge on any atom is 0.257 e. The Balaban J connectivity index is 2.28. The molecule has 1 aromatic carbocycles. The topological polar surface area (TPSA) is 68.0 Å². The second-order valence-corrected chi connectivity index (χ2v) is 4.21. The number of hydrogen-bond donors (Lipinski definition) is 2. The van der Waals surface area contributed by atoms with Crippen molar-refractivity contribution in [1.29, 1.82) is 0 Å². The zero-order valence-electron chi connectivity index (χ0n) is 9.77. The minimum Gasteiger partial charge on any atom is -0.398 e. The summed E-state index contributed by atoms with van der Waals surface area (Å²) in [6.45, 7) is 1.80. The van der Waals surface area contributed by atoms with Crippen molar-refractivity contribution in [1.82, 2.24) is 4.98 Å². The smallest absolute Gasteiger partial charge is 0.257 e. The number of nitrogens with one attached hydrogen (secondary N) is 1. The predicted molar refractivity (Wildman–Crippen MR) is 72.8 cm³/mol. The normalized spacial score (nSPS) is 10.1. The Morgan fingerprint density at radius 2 is 2.11 bits per heavy atom. The van der Waals surface area contributed by atoms with Gasteiger partial charge in [0, 0.05) is 17.4 Å². The highest BCUT2D eigenvalue weighted by molar-refractivity contribution is 6.33. The van der Waals surface area contributed by atoms with E-state index in [1.165, 1.54) is 0 Å². The summed E-state index contributed by atoms with van der Waals surface area (Å²) in [4.78, 5) is 16.1. The zero-order valence-corrected chi connectivity index (χ0v) is 10.5. The van der Waals surface area contributed by atoms with E-state index in [4.69, 9.17) is 17.3 Å². The average Bonchev–Trinajstić information content (AvgIpc) is 2.35. The second-order valence-electron chi connectivity index (χ2n) is 3.81. The van der Waals surface area contributed by atoms with E-state index < -0.39 is 0 Å². The minimum absolute atomic E-state index is 0.277. The third-order valence-electron chi connectivity index (χ3n) is 2.61. The minimum atomic E-state index is -0.277. The molecule has 1 amide bonds. The number of amides is 1. The fourth-order valence-electron chi connectivity index (χ4n) is 1.55. The van der Waals surface area contributed by atoms with Crippen molar-refractivity contribution in [3.05, 3.63) is 52.7 Å². The van der Waals surface area contributed by atoms with Gasteiger partial charge in [0.1, 0.15) is 0 Å². The van der Waals surface area contributed by atoms with Crippen LogP contribution in [-0.4, -0.2) is 10.9 Å². The summed E-state index contributed by atoms with van der Waals surface area (Å²) in [5.74, 6) is 0.0615. The molecule has 0 aliphatic heterocycles. The quantitative estimate of drug-likeness (QED) is 0.817. The van der Waals surface area contributed by atoms with Crippen LogP contribution in [0, 0.1) is 6.92 Å². The van der Waals surface area contributed by atoms with E-state index in [1.54, 1.807) is 43.5 Å². The van der Waals surface area contributed by atoms with Crippen LogP contribution in [0.5, 0.6) is 0 Å². The predicted octanol–water partition coefficient (Wildman–Crippen LogP) is 2.88. The summed E-state index contributed by atoms with van der Waals surface area (Å²) >= 11 is 5.92. The number of aromatic nitrogens is 1. The highest BCUT2D eigenvalue weighted by Gasteiger charge is 2.12. The number of rotatable bonds is 2. The van der Waals surface area contributed by atoms with Gasteiger partial charge in [0.15, 0.2) is 5.82 Å². The third-order valence-corrected chi connectivity index (χ3v) is 2.92. The van der Waals surface area contributed by atoms with E-state index in [0.717, 1.165) is 5.56 Å². The maximum absolute atomic E-state index is 12.1. The van der Waals surface area contributed by atoms with Crippen LogP contribution in [0.2, 0.25) is 5.02 Å². The number of anilines is 2. The molecule has 0 spiro atoms. The van der Waals surface area contributed by atoms with E-state index >= 15 is 0 Å². The second kappa shape index (κ2) is 5.06. The van der Waals surface area contributed by atoms with Gasteiger partial charge in [0.2, 0.25) is 0 Å². The molecule has 0 radical (unpaired) electrons. The van der Waals surface area contributed by atoms with E-state index in [2.05, 4.69) is 10.3 Å². The molecule has 92 valence electrons. The highest BCUT2D eigenvalue weighted by Crippen LogP contribution is 2.20. The van der Waals surface area contributed by atoms with E-state index in [1.807, 2.05) is 0 Å². The lowest BCUT2D eigenvalue weighted by molar-refractivity contribution is 0.102. The van der Waals surface area contributed by atoms with Gasteiger partial charge in [0.25, 0.3) is 5.91 Å². The molecule has 5 heteroatoms. The summed E-state index contributed by atoms with van der Waals surface area (Å²) in [7, 11) is 0. The summed E-state index contributed by atoms with van der Waals surface area (Å²) in [6.07, 6.45) is 1.56. The molecular formula is C13H12ClN3O. The third kappa shape index (κ3) is 2.43. The highest BCUT2D eigenvalue weighted by atomic mass is 35.5. The lowest BCUT2D eigenvalue weighted by Crippen LogP contribution is -2.15. The fraction of sp³-hybridized carbons (Fsp3) is 0.0769. The Labute approximate surface area is 110 Å². The Bertz CT molecular complexity index is 599. The Morgan fingerprint density at radius 3 is 2.83 bits per heavy atom. The summed E-state index contributed by atoms with van der Waals surface area (Å²) in [5.41, 5.74) is 7.59. The molecule has 3 N–H and O–H groups in total. The number of pyridine rings is 1. The van der Waals surface area contributed by atoms with Crippen LogP contribution in [0.3, 0.4) is 0 Å². The van der Waals surface area contributed by atoms with Gasteiger partial charge in [-0.25, -0.2) is 4.98 Å². The van der Waals surface area contributed by atoms with E-state index in [-0.39, 0.29) is 5.91 Å². The van der Waals surface area contributed by atoms with Crippen LogP contribution in [0.4, 0.5) is 11.5 Å². The number of carbonyl (C=O) groups excluding carboxylic acids is 1. The van der Waals surface area contributed by atoms with Gasteiger partial charge in [-0.05, 0) is 36.8 Å². The van der Waals surface area contributed by atoms with Crippen LogP contribution in [-0.2, 0) is 0 Å². The fourth-order valence-corrected chi connectivity index (χ4v) is 1.72. The zero-order chi connectivity index (χ0) is 13.1. The van der Waals surface area contributed by atoms with Gasteiger partial charge in [-0.3, -0.25) is 4.79 Å². The summed E-state index contributed by atoms with van der Waals surface area (Å²) in [6, 6.07) is 8.55. The van der Waals surface area contributed by atoms with Crippen molar-refractivity contribution in [3.8, 4) is 0 Å². The Kier molecular flexibility index (Phi) is 3.48. The number of hydrogen-bond acceptors (Lipinski definition) is 3. The van der Waals surface area contributed by atoms with Gasteiger partial charge < -0.3 is 11.1 Å². The molecular weight excluding hydrogens is 250 g/mol. The molecule has 0 atom stereocenters. The molecule has 0 aliphatic carbocycles. The number of nitrogen functional groups attached to an aromatic ring is 1. The first-order chi connectivity index (χ1) is 8.59. The van der Waals surface area contributed by atoms with Crippen molar-refractivity contribution in [2.24, 2.45) is 0 Å². The van der Waals surface area contributed by atoms with Crippen LogP contribution < -0.4 is 11.1 Å². The Morgan fingerprint density at radius 1 is 1.33 bits per heavy atom. The number of halogens is 1. The molecule has 4 nitrogen and oxygen atoms in total. The van der Waals surface area contributed by atoms with Crippen molar-refractivity contribution in [2.75, 3.05) is 11.1 Å². The molecule has 0 aliphatic rings. The molecule has 0 fully saturated rings. The molecule has 2 aromatic rings. The van der Waals surface area contributed by atoms with Gasteiger partial charge in [0.05, 0.1) is 5.02 Å². The van der Waals surface area contributed by atoms with Gasteiger partial charge in [-0.15, -0.1) is 0 Å². The van der Waals surface area contributed by atoms with E-state index in [9.17, 15) is 4.79 Å². The monoisotopic (exact) mass is 261 g/mol. The van der Waals surface area contributed by atoms with Crippen molar-refractivity contribution >= 4 is 29.0 Å². The van der Waals surface area contributed by atoms with Gasteiger partial charge >= 0.3 is 0 Å². The molecule has 0 unspecified atom stereocenters. The lowest BCUT2D eigenvalue weighted by atomic mass is 10.1. The first-order valence-corrected chi connectivity index (χ1v) is 5.74. The van der Waals surface area contributed by atoms with Crippen LogP contribution >= 0.6 is 11.6 Å². The largest absolute Gasteiger partial charge is 0.398 e. The van der Waals surface area contributed by atoms with Gasteiger partial charge in [-0.1, -0.05) is 17.7 Å². The van der Waals surface area contributed by atoms with Crippen molar-refractivity contribution in [2.45, 2.75) is 6.92 Å². The maximum atomic E-state index is 12.1.